The SMILES string of the molecule is CCNC(=NCC1(CCOC)CCC1)NC[C@H]1CCCN1S(C)(=O)=O.I. The Labute approximate surface area is 175 Å². The van der Waals surface area contributed by atoms with Crippen molar-refractivity contribution in [1.82, 2.24) is 14.9 Å². The maximum atomic E-state index is 11.9. The summed E-state index contributed by atoms with van der Waals surface area (Å²) in [6, 6.07) is 0.0185. The van der Waals surface area contributed by atoms with Gasteiger partial charge in [-0.2, -0.15) is 4.31 Å². The van der Waals surface area contributed by atoms with Crippen LogP contribution in [-0.4, -0.2) is 70.9 Å². The minimum atomic E-state index is -3.13. The fraction of sp³-hybridized carbons (Fsp3) is 0.941. The van der Waals surface area contributed by atoms with Gasteiger partial charge < -0.3 is 15.4 Å². The molecular weight excluding hydrogens is 467 g/mol. The molecule has 1 saturated carbocycles. The van der Waals surface area contributed by atoms with Crippen LogP contribution in [0.15, 0.2) is 4.99 Å². The molecule has 0 unspecified atom stereocenters. The van der Waals surface area contributed by atoms with Gasteiger partial charge in [-0.1, -0.05) is 6.42 Å². The predicted octanol–water partition coefficient (Wildman–Crippen LogP) is 1.79. The first kappa shape index (κ1) is 23.9. The summed E-state index contributed by atoms with van der Waals surface area (Å²) in [7, 11) is -1.39. The second-order valence-electron chi connectivity index (χ2n) is 7.34. The van der Waals surface area contributed by atoms with Crippen molar-refractivity contribution in [1.29, 1.82) is 0 Å². The third kappa shape index (κ3) is 6.79. The number of halogens is 1. The highest BCUT2D eigenvalue weighted by molar-refractivity contribution is 14.0. The van der Waals surface area contributed by atoms with E-state index >= 15 is 0 Å². The van der Waals surface area contributed by atoms with Gasteiger partial charge in [-0.3, -0.25) is 4.99 Å². The maximum absolute atomic E-state index is 11.9. The van der Waals surface area contributed by atoms with Crippen LogP contribution in [0.25, 0.3) is 0 Å². The zero-order chi connectivity index (χ0) is 18.3. The molecule has 0 aromatic heterocycles. The first-order valence-corrected chi connectivity index (χ1v) is 11.2. The molecule has 1 heterocycles. The lowest BCUT2D eigenvalue weighted by Gasteiger charge is -2.40. The van der Waals surface area contributed by atoms with Crippen LogP contribution >= 0.6 is 24.0 Å². The molecule has 0 radical (unpaired) electrons. The number of rotatable bonds is 9. The first-order chi connectivity index (χ1) is 11.9. The van der Waals surface area contributed by atoms with Crippen molar-refractivity contribution >= 4 is 40.0 Å². The molecule has 9 heteroatoms. The van der Waals surface area contributed by atoms with Gasteiger partial charge in [0.1, 0.15) is 0 Å². The van der Waals surface area contributed by atoms with Gasteiger partial charge in [0.2, 0.25) is 10.0 Å². The Morgan fingerprint density at radius 3 is 2.58 bits per heavy atom. The number of methoxy groups -OCH3 is 1. The Morgan fingerprint density at radius 2 is 2.04 bits per heavy atom. The molecular formula is C17H35IN4O3S. The van der Waals surface area contributed by atoms with E-state index in [1.807, 2.05) is 6.92 Å². The highest BCUT2D eigenvalue weighted by Gasteiger charge is 2.36. The number of sulfonamides is 1. The van der Waals surface area contributed by atoms with Crippen molar-refractivity contribution in [2.45, 2.75) is 51.5 Å². The third-order valence-corrected chi connectivity index (χ3v) is 6.75. The number of nitrogens with zero attached hydrogens (tertiary/aromatic N) is 2. The Morgan fingerprint density at radius 1 is 1.31 bits per heavy atom. The van der Waals surface area contributed by atoms with Crippen molar-refractivity contribution in [2.24, 2.45) is 10.4 Å². The molecule has 2 aliphatic rings. The Kier molecular flexibility index (Phi) is 10.1. The number of hydrogen-bond acceptors (Lipinski definition) is 4. The first-order valence-electron chi connectivity index (χ1n) is 9.38. The van der Waals surface area contributed by atoms with Crippen LogP contribution in [0.1, 0.15) is 45.4 Å². The molecule has 26 heavy (non-hydrogen) atoms. The number of nitrogens with one attached hydrogen (secondary N) is 2. The van der Waals surface area contributed by atoms with Crippen LogP contribution in [0.3, 0.4) is 0 Å². The number of ether oxygens (including phenoxy) is 1. The summed E-state index contributed by atoms with van der Waals surface area (Å²) in [6.45, 7) is 5.64. The van der Waals surface area contributed by atoms with Crippen LogP contribution in [0.2, 0.25) is 0 Å². The fourth-order valence-electron chi connectivity index (χ4n) is 3.74. The van der Waals surface area contributed by atoms with Gasteiger partial charge in [0.25, 0.3) is 0 Å². The van der Waals surface area contributed by atoms with E-state index in [1.165, 1.54) is 25.5 Å². The minimum Gasteiger partial charge on any atom is -0.385 e. The standard InChI is InChI=1S/C17H34N4O3S.HI/c1-4-18-16(20-14-17(8-6-9-17)10-12-24-2)19-13-15-7-5-11-21(15)25(3,22)23;/h15H,4-14H2,1-3H3,(H2,18,19,20);1H/t15-;/m1./s1. The Balaban J connectivity index is 0.00000338. The zero-order valence-corrected chi connectivity index (χ0v) is 19.4. The molecule has 1 aliphatic carbocycles. The van der Waals surface area contributed by atoms with Crippen molar-refractivity contribution in [3.63, 3.8) is 0 Å². The second-order valence-corrected chi connectivity index (χ2v) is 9.28. The fourth-order valence-corrected chi connectivity index (χ4v) is 4.92. The van der Waals surface area contributed by atoms with Crippen molar-refractivity contribution in [3.05, 3.63) is 0 Å². The summed E-state index contributed by atoms with van der Waals surface area (Å²) in [5.41, 5.74) is 0.282. The Bertz CT molecular complexity index is 552. The molecule has 1 atom stereocenters. The van der Waals surface area contributed by atoms with E-state index in [2.05, 4.69) is 10.6 Å². The molecule has 0 aromatic carbocycles. The number of guanidine groups is 1. The van der Waals surface area contributed by atoms with E-state index in [0.29, 0.717) is 13.1 Å². The molecule has 0 amide bonds. The smallest absolute Gasteiger partial charge is 0.211 e. The van der Waals surface area contributed by atoms with E-state index in [4.69, 9.17) is 9.73 Å². The molecule has 2 fully saturated rings. The van der Waals surface area contributed by atoms with Crippen LogP contribution < -0.4 is 10.6 Å². The van der Waals surface area contributed by atoms with Crippen LogP contribution in [0.4, 0.5) is 0 Å². The second kappa shape index (κ2) is 11.0. The van der Waals surface area contributed by atoms with Gasteiger partial charge in [-0.05, 0) is 44.4 Å². The van der Waals surface area contributed by atoms with Gasteiger partial charge in [-0.15, -0.1) is 24.0 Å². The van der Waals surface area contributed by atoms with Crippen molar-refractivity contribution in [3.8, 4) is 0 Å². The topological polar surface area (TPSA) is 83.0 Å². The molecule has 1 aliphatic heterocycles. The summed E-state index contributed by atoms with van der Waals surface area (Å²) >= 11 is 0. The van der Waals surface area contributed by atoms with Gasteiger partial charge in [-0.25, -0.2) is 8.42 Å². The lowest BCUT2D eigenvalue weighted by molar-refractivity contribution is 0.0778. The molecule has 7 nitrogen and oxygen atoms in total. The summed E-state index contributed by atoms with van der Waals surface area (Å²) in [6.07, 6.45) is 7.87. The maximum Gasteiger partial charge on any atom is 0.211 e. The van der Waals surface area contributed by atoms with Gasteiger partial charge >= 0.3 is 0 Å². The third-order valence-electron chi connectivity index (χ3n) is 5.42. The normalized spacial score (nSPS) is 23.2. The lowest BCUT2D eigenvalue weighted by atomic mass is 9.67. The summed E-state index contributed by atoms with van der Waals surface area (Å²) in [5.74, 6) is 0.784. The molecule has 2 rings (SSSR count). The van der Waals surface area contributed by atoms with E-state index in [0.717, 1.165) is 44.9 Å². The van der Waals surface area contributed by atoms with Crippen LogP contribution in [0.5, 0.6) is 0 Å². The van der Waals surface area contributed by atoms with E-state index in [1.54, 1.807) is 11.4 Å². The van der Waals surface area contributed by atoms with Crippen LogP contribution in [-0.2, 0) is 14.8 Å². The number of hydrogen-bond donors (Lipinski definition) is 2. The molecule has 2 N–H and O–H groups in total. The van der Waals surface area contributed by atoms with Crippen molar-refractivity contribution in [2.75, 3.05) is 46.2 Å². The molecule has 154 valence electrons. The van der Waals surface area contributed by atoms with E-state index in [9.17, 15) is 8.42 Å². The van der Waals surface area contributed by atoms with Crippen molar-refractivity contribution < 1.29 is 13.2 Å². The summed E-state index contributed by atoms with van der Waals surface area (Å²) in [4.78, 5) is 4.78. The molecule has 1 saturated heterocycles. The zero-order valence-electron chi connectivity index (χ0n) is 16.3. The number of aliphatic imine (C=N–C) groups is 1. The van der Waals surface area contributed by atoms with Crippen LogP contribution in [0, 0.1) is 5.41 Å². The Hall–Kier alpha value is -0.130. The van der Waals surface area contributed by atoms with E-state index < -0.39 is 10.0 Å². The molecule has 0 bridgehead atoms. The minimum absolute atomic E-state index is 0. The highest BCUT2D eigenvalue weighted by atomic mass is 127. The summed E-state index contributed by atoms with van der Waals surface area (Å²) in [5, 5.41) is 6.62. The van der Waals surface area contributed by atoms with E-state index in [-0.39, 0.29) is 35.4 Å². The van der Waals surface area contributed by atoms with Gasteiger partial charge in [0, 0.05) is 45.9 Å². The average Bonchev–Trinajstić information content (AvgIpc) is 3.00. The highest BCUT2D eigenvalue weighted by Crippen LogP contribution is 2.44. The largest absolute Gasteiger partial charge is 0.385 e. The molecule has 0 spiro atoms. The van der Waals surface area contributed by atoms with Gasteiger partial charge in [0.15, 0.2) is 5.96 Å². The lowest BCUT2D eigenvalue weighted by Crippen LogP contribution is -2.46. The predicted molar refractivity (Wildman–Crippen MR) is 117 cm³/mol. The monoisotopic (exact) mass is 502 g/mol. The average molecular weight is 502 g/mol. The quantitative estimate of drug-likeness (QED) is 0.286. The van der Waals surface area contributed by atoms with Gasteiger partial charge in [0.05, 0.1) is 6.26 Å². The molecule has 0 aromatic rings. The summed E-state index contributed by atoms with van der Waals surface area (Å²) < 4.78 is 30.6.